The SMILES string of the molecule is COc1c(I)cc(C=C2C(=O)N(C)C(=O)N(C)C2=O)cc1I. The number of barbiturate groups is 1. The largest absolute Gasteiger partial charge is 0.495 e. The van der Waals surface area contributed by atoms with Crippen LogP contribution in [0.5, 0.6) is 5.75 Å². The smallest absolute Gasteiger partial charge is 0.333 e. The van der Waals surface area contributed by atoms with Crippen LogP contribution >= 0.6 is 45.2 Å². The minimum atomic E-state index is -0.633. The molecule has 1 fully saturated rings. The molecule has 0 N–H and O–H groups in total. The fourth-order valence-corrected chi connectivity index (χ4v) is 4.26. The van der Waals surface area contributed by atoms with Gasteiger partial charge in [0.05, 0.1) is 14.3 Å². The molecule has 6 nitrogen and oxygen atoms in total. The fraction of sp³-hybridized carbons (Fsp3) is 0.214. The van der Waals surface area contributed by atoms with E-state index in [1.165, 1.54) is 20.2 Å². The van der Waals surface area contributed by atoms with Gasteiger partial charge in [-0.2, -0.15) is 0 Å². The number of carbonyl (C=O) groups is 3. The van der Waals surface area contributed by atoms with Crippen molar-refractivity contribution in [3.05, 3.63) is 30.4 Å². The highest BCUT2D eigenvalue weighted by Gasteiger charge is 2.37. The molecule has 2 rings (SSSR count). The van der Waals surface area contributed by atoms with Crippen LogP contribution in [0.2, 0.25) is 0 Å². The van der Waals surface area contributed by atoms with Crippen molar-refractivity contribution in [2.24, 2.45) is 0 Å². The molecule has 0 atom stereocenters. The molecule has 0 saturated carbocycles. The zero-order chi connectivity index (χ0) is 16.6. The van der Waals surface area contributed by atoms with E-state index in [4.69, 9.17) is 4.74 Å². The van der Waals surface area contributed by atoms with Crippen LogP contribution in [0.1, 0.15) is 5.56 Å². The summed E-state index contributed by atoms with van der Waals surface area (Å²) in [4.78, 5) is 37.8. The van der Waals surface area contributed by atoms with Gasteiger partial charge in [0.15, 0.2) is 0 Å². The zero-order valence-corrected chi connectivity index (χ0v) is 16.3. The number of imide groups is 2. The molecule has 0 aliphatic carbocycles. The van der Waals surface area contributed by atoms with Crippen molar-refractivity contribution in [1.29, 1.82) is 0 Å². The Morgan fingerprint density at radius 3 is 1.86 bits per heavy atom. The van der Waals surface area contributed by atoms with Gasteiger partial charge in [0.1, 0.15) is 11.3 Å². The molecule has 4 amide bonds. The predicted octanol–water partition coefficient (Wildman–Crippen LogP) is 2.34. The van der Waals surface area contributed by atoms with E-state index in [1.54, 1.807) is 7.11 Å². The van der Waals surface area contributed by atoms with Crippen molar-refractivity contribution in [1.82, 2.24) is 9.80 Å². The number of carbonyl (C=O) groups excluding carboxylic acids is 3. The summed E-state index contributed by atoms with van der Waals surface area (Å²) in [5.41, 5.74) is 0.656. The number of urea groups is 1. The summed E-state index contributed by atoms with van der Waals surface area (Å²) in [6.45, 7) is 0. The monoisotopic (exact) mass is 526 g/mol. The number of ether oxygens (including phenoxy) is 1. The molecule has 116 valence electrons. The van der Waals surface area contributed by atoms with Crippen LogP contribution in [0.25, 0.3) is 6.08 Å². The maximum Gasteiger partial charge on any atom is 0.333 e. The quantitative estimate of drug-likeness (QED) is 0.338. The number of amides is 4. The second-order valence-corrected chi connectivity index (χ2v) is 6.91. The zero-order valence-electron chi connectivity index (χ0n) is 12.0. The number of benzene rings is 1. The van der Waals surface area contributed by atoms with Gasteiger partial charge in [0.2, 0.25) is 0 Å². The number of hydrogen-bond acceptors (Lipinski definition) is 4. The van der Waals surface area contributed by atoms with Crippen LogP contribution in [0.4, 0.5) is 4.79 Å². The van der Waals surface area contributed by atoms with Crippen molar-refractivity contribution in [3.8, 4) is 5.75 Å². The number of nitrogens with zero attached hydrogens (tertiary/aromatic N) is 2. The van der Waals surface area contributed by atoms with Crippen molar-refractivity contribution in [3.63, 3.8) is 0 Å². The van der Waals surface area contributed by atoms with Crippen molar-refractivity contribution >= 4 is 69.1 Å². The first-order valence-corrected chi connectivity index (χ1v) is 8.28. The van der Waals surface area contributed by atoms with Crippen LogP contribution in [-0.2, 0) is 9.59 Å². The highest BCUT2D eigenvalue weighted by Crippen LogP contribution is 2.30. The fourth-order valence-electron chi connectivity index (χ4n) is 2.00. The highest BCUT2D eigenvalue weighted by molar-refractivity contribution is 14.1. The molecule has 8 heteroatoms. The Kier molecular flexibility index (Phi) is 5.10. The van der Waals surface area contributed by atoms with Crippen LogP contribution < -0.4 is 4.74 Å². The summed E-state index contributed by atoms with van der Waals surface area (Å²) in [6.07, 6.45) is 1.49. The Labute approximate surface area is 154 Å². The van der Waals surface area contributed by atoms with Gasteiger partial charge in [-0.25, -0.2) is 4.79 Å². The van der Waals surface area contributed by atoms with Gasteiger partial charge in [0.25, 0.3) is 11.8 Å². The molecule has 0 bridgehead atoms. The van der Waals surface area contributed by atoms with Gasteiger partial charge < -0.3 is 4.74 Å². The van der Waals surface area contributed by atoms with Gasteiger partial charge in [-0.15, -0.1) is 0 Å². The van der Waals surface area contributed by atoms with Crippen LogP contribution in [0.15, 0.2) is 17.7 Å². The Hall–Kier alpha value is -1.17. The van der Waals surface area contributed by atoms with Crippen LogP contribution in [-0.4, -0.2) is 48.9 Å². The van der Waals surface area contributed by atoms with Gasteiger partial charge in [-0.3, -0.25) is 19.4 Å². The van der Waals surface area contributed by atoms with Crippen molar-refractivity contribution in [2.75, 3.05) is 21.2 Å². The molecule has 0 spiro atoms. The average molecular weight is 526 g/mol. The first kappa shape index (κ1) is 17.2. The Morgan fingerprint density at radius 2 is 1.45 bits per heavy atom. The third-order valence-electron chi connectivity index (χ3n) is 3.18. The topological polar surface area (TPSA) is 66.9 Å². The highest BCUT2D eigenvalue weighted by atomic mass is 127. The van der Waals surface area contributed by atoms with Crippen LogP contribution in [0.3, 0.4) is 0 Å². The lowest BCUT2D eigenvalue weighted by Crippen LogP contribution is -2.52. The first-order chi connectivity index (χ1) is 10.3. The summed E-state index contributed by atoms with van der Waals surface area (Å²) in [5.74, 6) is -0.461. The Balaban J connectivity index is 2.50. The molecule has 1 heterocycles. The predicted molar refractivity (Wildman–Crippen MR) is 97.3 cm³/mol. The summed E-state index contributed by atoms with van der Waals surface area (Å²) in [7, 11) is 4.29. The third kappa shape index (κ3) is 2.98. The van der Waals surface area contributed by atoms with E-state index in [0.29, 0.717) is 5.56 Å². The number of likely N-dealkylation sites (N-methyl/N-ethyl adjacent to an activating group) is 2. The maximum atomic E-state index is 12.1. The molecule has 1 aliphatic rings. The van der Waals surface area contributed by atoms with Gasteiger partial charge in [-0.1, -0.05) is 0 Å². The number of halogens is 2. The second-order valence-electron chi connectivity index (χ2n) is 4.59. The first-order valence-electron chi connectivity index (χ1n) is 6.12. The summed E-state index contributed by atoms with van der Waals surface area (Å²) < 4.78 is 7.02. The molecule has 0 unspecified atom stereocenters. The average Bonchev–Trinajstić information content (AvgIpc) is 2.47. The number of hydrogen-bond donors (Lipinski definition) is 0. The van der Waals surface area contributed by atoms with Gasteiger partial charge >= 0.3 is 6.03 Å². The van der Waals surface area contributed by atoms with E-state index in [1.807, 2.05) is 12.1 Å². The Morgan fingerprint density at radius 1 is 1.00 bits per heavy atom. The molecule has 1 aromatic carbocycles. The lowest BCUT2D eigenvalue weighted by molar-refractivity contribution is -0.134. The lowest BCUT2D eigenvalue weighted by Gasteiger charge is -2.28. The van der Waals surface area contributed by atoms with Gasteiger partial charge in [0, 0.05) is 14.1 Å². The normalized spacial score (nSPS) is 15.5. The minimum Gasteiger partial charge on any atom is -0.495 e. The minimum absolute atomic E-state index is 0.0404. The van der Waals surface area contributed by atoms with Gasteiger partial charge in [-0.05, 0) is 69.0 Å². The van der Waals surface area contributed by atoms with E-state index >= 15 is 0 Å². The van der Waals surface area contributed by atoms with E-state index < -0.39 is 17.8 Å². The third-order valence-corrected chi connectivity index (χ3v) is 4.78. The lowest BCUT2D eigenvalue weighted by atomic mass is 10.1. The molecule has 1 aliphatic heterocycles. The molecule has 22 heavy (non-hydrogen) atoms. The summed E-state index contributed by atoms with van der Waals surface area (Å²) in [5, 5.41) is 0. The van der Waals surface area contributed by atoms with E-state index in [0.717, 1.165) is 22.7 Å². The molecular weight excluding hydrogens is 514 g/mol. The Bertz CT molecular complexity index is 666. The molecular formula is C14H12I2N2O4. The maximum absolute atomic E-state index is 12.1. The van der Waals surface area contributed by atoms with E-state index in [2.05, 4.69) is 45.2 Å². The molecule has 0 aromatic heterocycles. The van der Waals surface area contributed by atoms with E-state index in [9.17, 15) is 14.4 Å². The van der Waals surface area contributed by atoms with Crippen molar-refractivity contribution in [2.45, 2.75) is 0 Å². The van der Waals surface area contributed by atoms with Crippen molar-refractivity contribution < 1.29 is 19.1 Å². The molecule has 1 aromatic rings. The van der Waals surface area contributed by atoms with Crippen LogP contribution in [0, 0.1) is 7.14 Å². The number of methoxy groups -OCH3 is 1. The molecule has 1 saturated heterocycles. The van der Waals surface area contributed by atoms with E-state index in [-0.39, 0.29) is 5.57 Å². The standard InChI is InChI=1S/C14H12I2N2O4/c1-17-12(19)8(13(20)18(2)14(17)21)4-7-5-9(15)11(22-3)10(16)6-7/h4-6H,1-3H3. The summed E-state index contributed by atoms with van der Waals surface area (Å²) >= 11 is 4.25. The second kappa shape index (κ2) is 6.52. The summed E-state index contributed by atoms with van der Waals surface area (Å²) in [6, 6.07) is 2.99. The number of rotatable bonds is 2. The molecule has 0 radical (unpaired) electrons.